The van der Waals surface area contributed by atoms with Gasteiger partial charge in [0, 0.05) is 35.9 Å². The van der Waals surface area contributed by atoms with Crippen LogP contribution >= 0.6 is 0 Å². The van der Waals surface area contributed by atoms with Crippen LogP contribution in [-0.2, 0) is 14.3 Å². The highest BCUT2D eigenvalue weighted by molar-refractivity contribution is 6.09. The third-order valence-electron chi connectivity index (χ3n) is 6.40. The number of benzene rings is 2. The highest BCUT2D eigenvalue weighted by atomic mass is 16.5. The first-order valence-electron chi connectivity index (χ1n) is 11.8. The van der Waals surface area contributed by atoms with Crippen molar-refractivity contribution < 1.29 is 23.9 Å². The van der Waals surface area contributed by atoms with Gasteiger partial charge >= 0.3 is 5.97 Å². The second-order valence-corrected chi connectivity index (χ2v) is 8.68. The van der Waals surface area contributed by atoms with Gasteiger partial charge in [-0.25, -0.2) is 4.79 Å². The number of ether oxygens (including phenoxy) is 2. The van der Waals surface area contributed by atoms with E-state index in [1.54, 1.807) is 36.4 Å². The Morgan fingerprint density at radius 2 is 1.74 bits per heavy atom. The fourth-order valence-electron chi connectivity index (χ4n) is 4.48. The summed E-state index contributed by atoms with van der Waals surface area (Å²) in [7, 11) is 1.31. The van der Waals surface area contributed by atoms with Crippen molar-refractivity contribution in [2.45, 2.75) is 32.1 Å². The van der Waals surface area contributed by atoms with Crippen LogP contribution in [0.4, 0.5) is 17.1 Å². The predicted octanol–water partition coefficient (Wildman–Crippen LogP) is 4.08. The average Bonchev–Trinajstić information content (AvgIpc) is 2.89. The summed E-state index contributed by atoms with van der Waals surface area (Å²) in [5.41, 5.74) is 2.48. The molecule has 0 spiro atoms. The third-order valence-corrected chi connectivity index (χ3v) is 6.40. The van der Waals surface area contributed by atoms with E-state index in [4.69, 9.17) is 9.47 Å². The van der Waals surface area contributed by atoms with Gasteiger partial charge in [-0.3, -0.25) is 9.59 Å². The maximum absolute atomic E-state index is 13.0. The molecule has 1 aliphatic heterocycles. The standard InChI is InChI=1S/C26H31N3O5/c1-33-26(32)22-17-21(29-12-14-34-15-13-29)10-11-23(22)28-25(31)19-8-5-9-20(16-19)27-24(30)18-6-3-2-4-7-18/h5,8-11,16-18H,2-4,6-7,12-15H2,1H3,(H,27,30)(H,28,31). The van der Waals surface area contributed by atoms with Crippen LogP contribution in [0.15, 0.2) is 42.5 Å². The van der Waals surface area contributed by atoms with Gasteiger partial charge < -0.3 is 25.0 Å². The van der Waals surface area contributed by atoms with Crippen molar-refractivity contribution in [3.05, 3.63) is 53.6 Å². The molecule has 180 valence electrons. The van der Waals surface area contributed by atoms with Crippen LogP contribution < -0.4 is 15.5 Å². The fraction of sp³-hybridized carbons (Fsp3) is 0.423. The number of morpholine rings is 1. The van der Waals surface area contributed by atoms with Gasteiger partial charge in [-0.1, -0.05) is 25.3 Å². The number of carbonyl (C=O) groups excluding carboxylic acids is 3. The van der Waals surface area contributed by atoms with Crippen LogP contribution in [0.2, 0.25) is 0 Å². The molecule has 8 nitrogen and oxygen atoms in total. The van der Waals surface area contributed by atoms with Crippen molar-refractivity contribution in [1.82, 2.24) is 0 Å². The van der Waals surface area contributed by atoms with Gasteiger partial charge in [0.2, 0.25) is 5.91 Å². The summed E-state index contributed by atoms with van der Waals surface area (Å²) in [5, 5.41) is 5.76. The molecule has 1 saturated carbocycles. The summed E-state index contributed by atoms with van der Waals surface area (Å²) in [5.74, 6) is -0.875. The van der Waals surface area contributed by atoms with Crippen molar-refractivity contribution in [3.8, 4) is 0 Å². The number of carbonyl (C=O) groups is 3. The summed E-state index contributed by atoms with van der Waals surface area (Å²) in [6.07, 6.45) is 5.15. The molecule has 1 heterocycles. The van der Waals surface area contributed by atoms with Crippen LogP contribution in [0.5, 0.6) is 0 Å². The van der Waals surface area contributed by atoms with Gasteiger partial charge in [0.05, 0.1) is 31.6 Å². The lowest BCUT2D eigenvalue weighted by molar-refractivity contribution is -0.120. The molecular formula is C26H31N3O5. The number of hydrogen-bond acceptors (Lipinski definition) is 6. The van der Waals surface area contributed by atoms with Crippen molar-refractivity contribution in [1.29, 1.82) is 0 Å². The third kappa shape index (κ3) is 5.75. The van der Waals surface area contributed by atoms with Gasteiger partial charge in [-0.2, -0.15) is 0 Å². The minimum absolute atomic E-state index is 0.00365. The molecule has 0 radical (unpaired) electrons. The van der Waals surface area contributed by atoms with E-state index in [0.717, 1.165) is 44.5 Å². The van der Waals surface area contributed by atoms with E-state index in [1.807, 2.05) is 6.07 Å². The molecule has 34 heavy (non-hydrogen) atoms. The van der Waals surface area contributed by atoms with Crippen LogP contribution in [-0.4, -0.2) is 51.2 Å². The molecule has 1 saturated heterocycles. The van der Waals surface area contributed by atoms with E-state index in [1.165, 1.54) is 13.5 Å². The van der Waals surface area contributed by atoms with E-state index in [-0.39, 0.29) is 23.3 Å². The molecule has 0 bridgehead atoms. The van der Waals surface area contributed by atoms with E-state index < -0.39 is 5.97 Å². The summed E-state index contributed by atoms with van der Waals surface area (Å²) < 4.78 is 10.3. The Kier molecular flexibility index (Phi) is 7.80. The van der Waals surface area contributed by atoms with Crippen LogP contribution in [0.1, 0.15) is 52.8 Å². The number of esters is 1. The molecule has 2 aromatic carbocycles. The lowest BCUT2D eigenvalue weighted by atomic mass is 9.88. The Morgan fingerprint density at radius 3 is 2.47 bits per heavy atom. The molecule has 2 aromatic rings. The molecule has 0 unspecified atom stereocenters. The first-order valence-corrected chi connectivity index (χ1v) is 11.8. The zero-order valence-electron chi connectivity index (χ0n) is 19.5. The van der Waals surface area contributed by atoms with Gasteiger partial charge in [-0.05, 0) is 49.2 Å². The molecule has 0 atom stereocenters. The molecule has 2 amide bonds. The Bertz CT molecular complexity index is 1040. The number of nitrogens with one attached hydrogen (secondary N) is 2. The largest absolute Gasteiger partial charge is 0.465 e. The second kappa shape index (κ2) is 11.2. The van der Waals surface area contributed by atoms with Crippen LogP contribution in [0.25, 0.3) is 0 Å². The molecule has 0 aromatic heterocycles. The minimum atomic E-state index is -0.529. The Hall–Kier alpha value is -3.39. The zero-order chi connectivity index (χ0) is 23.9. The van der Waals surface area contributed by atoms with Crippen molar-refractivity contribution in [2.24, 2.45) is 5.92 Å². The maximum atomic E-state index is 13.0. The number of methoxy groups -OCH3 is 1. The van der Waals surface area contributed by atoms with Gasteiger partial charge in [-0.15, -0.1) is 0 Å². The highest BCUT2D eigenvalue weighted by Gasteiger charge is 2.22. The molecule has 8 heteroatoms. The smallest absolute Gasteiger partial charge is 0.340 e. The molecule has 4 rings (SSSR count). The number of hydrogen-bond donors (Lipinski definition) is 2. The van der Waals surface area contributed by atoms with Crippen molar-refractivity contribution >= 4 is 34.8 Å². The summed E-state index contributed by atoms with van der Waals surface area (Å²) >= 11 is 0. The van der Waals surface area contributed by atoms with E-state index in [9.17, 15) is 14.4 Å². The lowest BCUT2D eigenvalue weighted by Gasteiger charge is -2.29. The van der Waals surface area contributed by atoms with Crippen molar-refractivity contribution in [3.63, 3.8) is 0 Å². The second-order valence-electron chi connectivity index (χ2n) is 8.68. The maximum Gasteiger partial charge on any atom is 0.340 e. The molecule has 2 fully saturated rings. The zero-order valence-corrected chi connectivity index (χ0v) is 19.5. The Balaban J connectivity index is 1.48. The summed E-state index contributed by atoms with van der Waals surface area (Å²) in [6, 6.07) is 12.1. The molecular weight excluding hydrogens is 434 g/mol. The molecule has 2 N–H and O–H groups in total. The number of rotatable bonds is 6. The van der Waals surface area contributed by atoms with Gasteiger partial charge in [0.15, 0.2) is 0 Å². The van der Waals surface area contributed by atoms with Gasteiger partial charge in [0.1, 0.15) is 0 Å². The lowest BCUT2D eigenvalue weighted by Crippen LogP contribution is -2.36. The monoisotopic (exact) mass is 465 g/mol. The van der Waals surface area contributed by atoms with Gasteiger partial charge in [0.25, 0.3) is 5.91 Å². The topological polar surface area (TPSA) is 97.0 Å². The van der Waals surface area contributed by atoms with Crippen molar-refractivity contribution in [2.75, 3.05) is 48.9 Å². The fourth-order valence-corrected chi connectivity index (χ4v) is 4.48. The van der Waals surface area contributed by atoms with Crippen LogP contribution in [0.3, 0.4) is 0 Å². The quantitative estimate of drug-likeness (QED) is 0.624. The first-order chi connectivity index (χ1) is 16.5. The number of anilines is 3. The number of nitrogens with zero attached hydrogens (tertiary/aromatic N) is 1. The first kappa shape index (κ1) is 23.8. The minimum Gasteiger partial charge on any atom is -0.465 e. The summed E-state index contributed by atoms with van der Waals surface area (Å²) in [4.78, 5) is 40.2. The predicted molar refractivity (Wildman–Crippen MR) is 130 cm³/mol. The number of amides is 2. The summed E-state index contributed by atoms with van der Waals surface area (Å²) in [6.45, 7) is 2.71. The van der Waals surface area contributed by atoms with E-state index in [0.29, 0.717) is 30.2 Å². The Morgan fingerprint density at radius 1 is 0.971 bits per heavy atom. The molecule has 1 aliphatic carbocycles. The van der Waals surface area contributed by atoms with E-state index in [2.05, 4.69) is 15.5 Å². The van der Waals surface area contributed by atoms with E-state index >= 15 is 0 Å². The average molecular weight is 466 g/mol. The SMILES string of the molecule is COC(=O)c1cc(N2CCOCC2)ccc1NC(=O)c1cccc(NC(=O)C2CCCCC2)c1. The molecule has 2 aliphatic rings. The highest BCUT2D eigenvalue weighted by Crippen LogP contribution is 2.27. The normalized spacial score (nSPS) is 16.6. The Labute approximate surface area is 199 Å². The van der Waals surface area contributed by atoms with Crippen LogP contribution in [0, 0.1) is 5.92 Å².